The van der Waals surface area contributed by atoms with Crippen LogP contribution in [0.25, 0.3) is 0 Å². The number of halogens is 3. The zero-order valence-electron chi connectivity index (χ0n) is 8.34. The number of fused-ring (bicyclic) bond motifs is 1. The van der Waals surface area contributed by atoms with Crippen molar-refractivity contribution in [2.24, 2.45) is 5.92 Å². The van der Waals surface area contributed by atoms with Crippen LogP contribution in [0.5, 0.6) is 0 Å². The summed E-state index contributed by atoms with van der Waals surface area (Å²) in [6.45, 7) is -0.883. The van der Waals surface area contributed by atoms with Crippen LogP contribution >= 0.6 is 0 Å². The summed E-state index contributed by atoms with van der Waals surface area (Å²) in [6.07, 6.45) is 0.528. The molecule has 1 aliphatic carbocycles. The van der Waals surface area contributed by atoms with Crippen molar-refractivity contribution in [1.29, 1.82) is 0 Å². The van der Waals surface area contributed by atoms with Crippen LogP contribution in [0.2, 0.25) is 0 Å². The van der Waals surface area contributed by atoms with Crippen molar-refractivity contribution in [3.05, 3.63) is 35.4 Å². The molecule has 0 spiro atoms. The van der Waals surface area contributed by atoms with Gasteiger partial charge in [-0.2, -0.15) is 5.48 Å². The smallest absolute Gasteiger partial charge is 0.131 e. The van der Waals surface area contributed by atoms with Gasteiger partial charge >= 0.3 is 0 Å². The molecule has 1 aromatic rings. The zero-order chi connectivity index (χ0) is 11.3. The second-order valence-electron chi connectivity index (χ2n) is 4.30. The number of nitrogens with one attached hydrogen (secondary N) is 1. The van der Waals surface area contributed by atoms with Crippen LogP contribution < -0.4 is 5.48 Å². The molecule has 1 aromatic carbocycles. The Kier molecular flexibility index (Phi) is 2.03. The third-order valence-electron chi connectivity index (χ3n) is 3.38. The molecule has 2 nitrogen and oxygen atoms in total. The minimum Gasteiger partial charge on any atom is -0.297 e. The van der Waals surface area contributed by atoms with Crippen molar-refractivity contribution >= 4 is 0 Å². The number of hydrogen-bond donors (Lipinski definition) is 1. The topological polar surface area (TPSA) is 21.3 Å². The molecular formula is C11H10F3NO. The van der Waals surface area contributed by atoms with E-state index in [0.717, 1.165) is 12.1 Å². The molecule has 3 atom stereocenters. The van der Waals surface area contributed by atoms with Crippen LogP contribution in [-0.4, -0.2) is 12.8 Å². The molecule has 1 saturated heterocycles. The van der Waals surface area contributed by atoms with E-state index in [1.165, 1.54) is 6.07 Å². The molecule has 0 unspecified atom stereocenters. The normalized spacial score (nSPS) is 36.2. The summed E-state index contributed by atoms with van der Waals surface area (Å²) in [6, 6.07) is 3.53. The Morgan fingerprint density at radius 2 is 2.06 bits per heavy atom. The molecule has 0 bridgehead atoms. The summed E-state index contributed by atoms with van der Waals surface area (Å²) in [5.41, 5.74) is 0.867. The maximum absolute atomic E-state index is 13.6. The van der Waals surface area contributed by atoms with Gasteiger partial charge in [-0.05, 0) is 18.6 Å². The van der Waals surface area contributed by atoms with Gasteiger partial charge in [0.25, 0.3) is 0 Å². The van der Waals surface area contributed by atoms with Gasteiger partial charge in [-0.25, -0.2) is 13.2 Å². The molecule has 1 N–H and O–H groups in total. The standard InChI is InChI=1S/C11H10F3NO/c12-5-11(6-4-9(6)16-15-11)10-7(13)2-1-3-8(10)14/h1-3,6,9,15H,4-5H2/t6-,9+,11-/m0/s1. The Bertz CT molecular complexity index is 419. The van der Waals surface area contributed by atoms with Crippen molar-refractivity contribution < 1.29 is 18.0 Å². The second-order valence-corrected chi connectivity index (χ2v) is 4.30. The number of hydrogen-bond acceptors (Lipinski definition) is 2. The lowest BCUT2D eigenvalue weighted by molar-refractivity contribution is 0.00598. The first-order chi connectivity index (χ1) is 7.69. The van der Waals surface area contributed by atoms with Crippen LogP contribution in [0, 0.1) is 17.6 Å². The van der Waals surface area contributed by atoms with E-state index in [1.54, 1.807) is 0 Å². The van der Waals surface area contributed by atoms with Crippen LogP contribution in [0.3, 0.4) is 0 Å². The van der Waals surface area contributed by atoms with Gasteiger partial charge in [-0.1, -0.05) is 6.07 Å². The Hall–Kier alpha value is -1.07. The lowest BCUT2D eigenvalue weighted by Gasteiger charge is -2.28. The minimum atomic E-state index is -1.35. The van der Waals surface area contributed by atoms with Gasteiger partial charge in [-0.15, -0.1) is 0 Å². The predicted molar refractivity (Wildman–Crippen MR) is 50.1 cm³/mol. The number of benzene rings is 1. The number of rotatable bonds is 2. The maximum atomic E-state index is 13.6. The van der Waals surface area contributed by atoms with Gasteiger partial charge in [0, 0.05) is 11.5 Å². The largest absolute Gasteiger partial charge is 0.297 e. The van der Waals surface area contributed by atoms with E-state index in [-0.39, 0.29) is 17.6 Å². The Morgan fingerprint density at radius 1 is 1.38 bits per heavy atom. The van der Waals surface area contributed by atoms with Crippen molar-refractivity contribution in [1.82, 2.24) is 5.48 Å². The van der Waals surface area contributed by atoms with Crippen LogP contribution in [-0.2, 0) is 10.4 Å². The molecule has 1 aliphatic heterocycles. The van der Waals surface area contributed by atoms with Gasteiger partial charge in [0.15, 0.2) is 0 Å². The van der Waals surface area contributed by atoms with Crippen molar-refractivity contribution in [3.63, 3.8) is 0 Å². The monoisotopic (exact) mass is 229 g/mol. The minimum absolute atomic E-state index is 0.116. The highest BCUT2D eigenvalue weighted by atomic mass is 19.1. The average Bonchev–Trinajstić information content (AvgIpc) is 2.96. The van der Waals surface area contributed by atoms with Gasteiger partial charge in [0.2, 0.25) is 0 Å². The van der Waals surface area contributed by atoms with E-state index in [2.05, 4.69) is 5.48 Å². The van der Waals surface area contributed by atoms with E-state index in [0.29, 0.717) is 6.42 Å². The Balaban J connectivity index is 2.13. The SMILES string of the molecule is FC[C@]1(c2c(F)cccc2F)NO[C@@H]2C[C@@H]21. The fourth-order valence-electron chi connectivity index (χ4n) is 2.43. The molecule has 86 valence electrons. The molecule has 1 saturated carbocycles. The molecular weight excluding hydrogens is 219 g/mol. The van der Waals surface area contributed by atoms with E-state index < -0.39 is 23.8 Å². The molecule has 3 rings (SSSR count). The maximum Gasteiger partial charge on any atom is 0.131 e. The number of hydroxylamine groups is 1. The highest BCUT2D eigenvalue weighted by Gasteiger charge is 2.62. The first kappa shape index (κ1) is 10.1. The highest BCUT2D eigenvalue weighted by molar-refractivity contribution is 5.33. The first-order valence-corrected chi connectivity index (χ1v) is 5.12. The molecule has 16 heavy (non-hydrogen) atoms. The quantitative estimate of drug-likeness (QED) is 0.838. The van der Waals surface area contributed by atoms with Crippen LogP contribution in [0.15, 0.2) is 18.2 Å². The molecule has 2 aliphatic rings. The molecule has 1 heterocycles. The third-order valence-corrected chi connectivity index (χ3v) is 3.38. The van der Waals surface area contributed by atoms with Gasteiger partial charge in [0.05, 0.1) is 6.10 Å². The third kappa shape index (κ3) is 1.15. The second kappa shape index (κ2) is 3.21. The molecule has 5 heteroatoms. The van der Waals surface area contributed by atoms with E-state index in [1.807, 2.05) is 0 Å². The summed E-state index contributed by atoms with van der Waals surface area (Å²) >= 11 is 0. The van der Waals surface area contributed by atoms with Crippen molar-refractivity contribution in [3.8, 4) is 0 Å². The average molecular weight is 229 g/mol. The lowest BCUT2D eigenvalue weighted by atomic mass is 9.86. The van der Waals surface area contributed by atoms with Crippen molar-refractivity contribution in [2.45, 2.75) is 18.1 Å². The van der Waals surface area contributed by atoms with Crippen molar-refractivity contribution in [2.75, 3.05) is 6.67 Å². The van der Waals surface area contributed by atoms with E-state index in [4.69, 9.17) is 4.84 Å². The van der Waals surface area contributed by atoms with Gasteiger partial charge in [0.1, 0.15) is 23.8 Å². The Labute approximate surface area is 90.4 Å². The van der Waals surface area contributed by atoms with Crippen LogP contribution in [0.4, 0.5) is 13.2 Å². The summed E-state index contributed by atoms with van der Waals surface area (Å²) < 4.78 is 40.4. The van der Waals surface area contributed by atoms with Crippen LogP contribution in [0.1, 0.15) is 12.0 Å². The zero-order valence-corrected chi connectivity index (χ0v) is 8.34. The van der Waals surface area contributed by atoms with Gasteiger partial charge < -0.3 is 0 Å². The lowest BCUT2D eigenvalue weighted by Crippen LogP contribution is -2.43. The molecule has 0 amide bonds. The summed E-state index contributed by atoms with van der Waals surface area (Å²) in [7, 11) is 0. The number of alkyl halides is 1. The summed E-state index contributed by atoms with van der Waals surface area (Å²) in [5, 5.41) is 0. The molecule has 0 aromatic heterocycles. The molecule has 2 fully saturated rings. The molecule has 0 radical (unpaired) electrons. The van der Waals surface area contributed by atoms with E-state index >= 15 is 0 Å². The summed E-state index contributed by atoms with van der Waals surface area (Å²) in [5.74, 6) is -1.65. The van der Waals surface area contributed by atoms with E-state index in [9.17, 15) is 13.2 Å². The van der Waals surface area contributed by atoms with Gasteiger partial charge in [-0.3, -0.25) is 4.84 Å². The fraction of sp³-hybridized carbons (Fsp3) is 0.455. The first-order valence-electron chi connectivity index (χ1n) is 5.12. The Morgan fingerprint density at radius 3 is 2.50 bits per heavy atom. The predicted octanol–water partition coefficient (Wildman–Crippen LogP) is 2.05. The highest BCUT2D eigenvalue weighted by Crippen LogP contribution is 2.53. The fourth-order valence-corrected chi connectivity index (χ4v) is 2.43. The summed E-state index contributed by atoms with van der Waals surface area (Å²) in [4.78, 5) is 5.07.